The lowest BCUT2D eigenvalue weighted by molar-refractivity contribution is -0.111. The Morgan fingerprint density at radius 3 is 2.80 bits per heavy atom. The van der Waals surface area contributed by atoms with Gasteiger partial charge in [0.1, 0.15) is 0 Å². The van der Waals surface area contributed by atoms with Gasteiger partial charge in [-0.3, -0.25) is 4.79 Å². The van der Waals surface area contributed by atoms with Crippen LogP contribution in [-0.4, -0.2) is 17.5 Å². The molecule has 0 aromatic heterocycles. The third-order valence-corrected chi connectivity index (χ3v) is 1.47. The van der Waals surface area contributed by atoms with E-state index in [1.807, 2.05) is 0 Å². The van der Waals surface area contributed by atoms with Crippen molar-refractivity contribution in [3.05, 3.63) is 23.8 Å². The molecule has 2 nitrogen and oxygen atoms in total. The summed E-state index contributed by atoms with van der Waals surface area (Å²) in [4.78, 5) is 10.8. The van der Waals surface area contributed by atoms with Crippen LogP contribution in [0.2, 0.25) is 0 Å². The third-order valence-electron chi connectivity index (χ3n) is 1.47. The van der Waals surface area contributed by atoms with Gasteiger partial charge in [-0.1, -0.05) is 12.2 Å². The summed E-state index contributed by atoms with van der Waals surface area (Å²) >= 11 is 0. The number of rotatable bonds is 3. The van der Waals surface area contributed by atoms with Crippen molar-refractivity contribution in [2.24, 2.45) is 0 Å². The summed E-state index contributed by atoms with van der Waals surface area (Å²) in [5.74, 6) is 0.0912. The second-order valence-corrected chi connectivity index (χ2v) is 2.24. The van der Waals surface area contributed by atoms with Crippen LogP contribution in [0.1, 0.15) is 12.8 Å². The number of hydrogen-bond acceptors (Lipinski definition) is 2. The quantitative estimate of drug-likeness (QED) is 0.627. The normalized spacial score (nSPS) is 16.1. The summed E-state index contributed by atoms with van der Waals surface area (Å²) < 4.78 is 0. The first-order valence-corrected chi connectivity index (χ1v) is 3.37. The molecular weight excluding hydrogens is 128 g/mol. The molecule has 0 unspecified atom stereocenters. The van der Waals surface area contributed by atoms with Gasteiger partial charge in [0.25, 0.3) is 0 Å². The molecule has 0 aromatic rings. The molecule has 0 atom stereocenters. The Morgan fingerprint density at radius 1 is 1.50 bits per heavy atom. The maximum atomic E-state index is 10.8. The molecule has 0 fully saturated rings. The predicted octanol–water partition coefficient (Wildman–Crippen LogP) is 0.824. The van der Waals surface area contributed by atoms with E-state index >= 15 is 0 Å². The predicted molar refractivity (Wildman–Crippen MR) is 38.5 cm³/mol. The Labute approximate surface area is 59.9 Å². The molecule has 0 spiro atoms. The first-order chi connectivity index (χ1) is 4.84. The molecule has 0 amide bonds. The van der Waals surface area contributed by atoms with Gasteiger partial charge in [0.15, 0.2) is 5.78 Å². The molecular formula is C8H10O2. The lowest BCUT2D eigenvalue weighted by Gasteiger charge is -1.95. The molecule has 2 heteroatoms. The summed E-state index contributed by atoms with van der Waals surface area (Å²) in [5, 5.41) is 8.45. The molecule has 0 aromatic carbocycles. The maximum absolute atomic E-state index is 10.8. The van der Waals surface area contributed by atoms with Gasteiger partial charge in [0, 0.05) is 6.61 Å². The number of hydrogen-bond donors (Lipinski definition) is 1. The van der Waals surface area contributed by atoms with E-state index in [2.05, 4.69) is 0 Å². The molecule has 0 radical (unpaired) electrons. The van der Waals surface area contributed by atoms with E-state index in [0.717, 1.165) is 5.57 Å². The number of allylic oxidation sites excluding steroid dienone is 4. The lowest BCUT2D eigenvalue weighted by atomic mass is 10.1. The Hall–Kier alpha value is -0.890. The van der Waals surface area contributed by atoms with Gasteiger partial charge in [0.2, 0.25) is 0 Å². The van der Waals surface area contributed by atoms with Crippen molar-refractivity contribution in [2.45, 2.75) is 12.8 Å². The van der Waals surface area contributed by atoms with E-state index in [4.69, 9.17) is 5.11 Å². The van der Waals surface area contributed by atoms with Crippen LogP contribution in [0, 0.1) is 0 Å². The van der Waals surface area contributed by atoms with E-state index in [-0.39, 0.29) is 12.4 Å². The zero-order valence-electron chi connectivity index (χ0n) is 5.71. The number of aliphatic hydroxyl groups is 1. The van der Waals surface area contributed by atoms with Crippen LogP contribution in [0.3, 0.4) is 0 Å². The van der Waals surface area contributed by atoms with Crippen LogP contribution in [-0.2, 0) is 4.79 Å². The van der Waals surface area contributed by atoms with Crippen LogP contribution in [0.25, 0.3) is 0 Å². The summed E-state index contributed by atoms with van der Waals surface area (Å²) in [6.07, 6.45) is 6.47. The Kier molecular flexibility index (Phi) is 2.40. The molecule has 0 aliphatic heterocycles. The van der Waals surface area contributed by atoms with Crippen LogP contribution in [0.5, 0.6) is 0 Å². The fraction of sp³-hybridized carbons (Fsp3) is 0.375. The molecule has 0 heterocycles. The minimum absolute atomic E-state index is 0.0912. The van der Waals surface area contributed by atoms with Crippen LogP contribution in [0.4, 0.5) is 0 Å². The Bertz CT molecular complexity index is 189. The molecule has 1 N–H and O–H groups in total. The molecule has 0 bridgehead atoms. The molecule has 0 saturated heterocycles. The minimum Gasteiger partial charge on any atom is -0.396 e. The van der Waals surface area contributed by atoms with Gasteiger partial charge in [-0.2, -0.15) is 0 Å². The smallest absolute Gasteiger partial charge is 0.181 e. The summed E-state index contributed by atoms with van der Waals surface area (Å²) in [6, 6.07) is 0. The Balaban J connectivity index is 2.37. The highest BCUT2D eigenvalue weighted by atomic mass is 16.2. The van der Waals surface area contributed by atoms with Crippen LogP contribution in [0.15, 0.2) is 23.8 Å². The van der Waals surface area contributed by atoms with Crippen molar-refractivity contribution in [3.63, 3.8) is 0 Å². The summed E-state index contributed by atoms with van der Waals surface area (Å²) in [7, 11) is 0. The summed E-state index contributed by atoms with van der Waals surface area (Å²) in [6.45, 7) is 0.157. The second-order valence-electron chi connectivity index (χ2n) is 2.24. The Morgan fingerprint density at radius 2 is 2.30 bits per heavy atom. The number of carbonyl (C=O) groups is 1. The van der Waals surface area contributed by atoms with Gasteiger partial charge in [-0.25, -0.2) is 0 Å². The summed E-state index contributed by atoms with van der Waals surface area (Å²) in [5.41, 5.74) is 0.814. The zero-order valence-corrected chi connectivity index (χ0v) is 5.71. The monoisotopic (exact) mass is 138 g/mol. The second kappa shape index (κ2) is 3.32. The zero-order chi connectivity index (χ0) is 7.40. The first-order valence-electron chi connectivity index (χ1n) is 3.37. The van der Waals surface area contributed by atoms with Gasteiger partial charge in [-0.05, 0) is 24.5 Å². The number of aliphatic hydroxyl groups excluding tert-OH is 1. The topological polar surface area (TPSA) is 37.3 Å². The highest BCUT2D eigenvalue weighted by molar-refractivity contribution is 6.06. The van der Waals surface area contributed by atoms with Crippen molar-refractivity contribution in [1.82, 2.24) is 0 Å². The van der Waals surface area contributed by atoms with Crippen LogP contribution < -0.4 is 0 Å². The maximum Gasteiger partial charge on any atom is 0.181 e. The van der Waals surface area contributed by atoms with E-state index in [1.165, 1.54) is 0 Å². The van der Waals surface area contributed by atoms with Gasteiger partial charge < -0.3 is 5.11 Å². The van der Waals surface area contributed by atoms with E-state index in [9.17, 15) is 4.79 Å². The highest BCUT2D eigenvalue weighted by Crippen LogP contribution is 2.11. The van der Waals surface area contributed by atoms with Crippen LogP contribution >= 0.6 is 0 Å². The van der Waals surface area contributed by atoms with Crippen molar-refractivity contribution in [1.29, 1.82) is 0 Å². The van der Waals surface area contributed by atoms with Gasteiger partial charge in [-0.15, -0.1) is 0 Å². The fourth-order valence-corrected chi connectivity index (χ4v) is 0.917. The highest BCUT2D eigenvalue weighted by Gasteiger charge is 2.07. The van der Waals surface area contributed by atoms with Gasteiger partial charge >= 0.3 is 0 Å². The average Bonchev–Trinajstić information content (AvgIpc) is 2.31. The first kappa shape index (κ1) is 7.22. The largest absolute Gasteiger partial charge is 0.396 e. The van der Waals surface area contributed by atoms with Crippen molar-refractivity contribution in [3.8, 4) is 0 Å². The molecule has 1 aliphatic rings. The van der Waals surface area contributed by atoms with E-state index in [0.29, 0.717) is 12.8 Å². The molecule has 54 valence electrons. The van der Waals surface area contributed by atoms with Crippen molar-refractivity contribution >= 4 is 5.78 Å². The average molecular weight is 138 g/mol. The minimum atomic E-state index is 0.0912. The lowest BCUT2D eigenvalue weighted by Crippen LogP contribution is -1.95. The van der Waals surface area contributed by atoms with Crippen molar-refractivity contribution < 1.29 is 9.90 Å². The number of ketones is 1. The van der Waals surface area contributed by atoms with E-state index in [1.54, 1.807) is 18.2 Å². The van der Waals surface area contributed by atoms with E-state index < -0.39 is 0 Å². The standard InChI is InChI=1S/C8H10O2/c9-6-2-4-7-3-1-5-8(7)10/h1,3,5,9H,2,4,6H2. The molecule has 0 saturated carbocycles. The molecule has 10 heavy (non-hydrogen) atoms. The fourth-order valence-electron chi connectivity index (χ4n) is 0.917. The van der Waals surface area contributed by atoms with Gasteiger partial charge in [0.05, 0.1) is 0 Å². The number of carbonyl (C=O) groups excluding carboxylic acids is 1. The SMILES string of the molecule is O=C1C=CC=C1CCCO. The molecule has 1 aliphatic carbocycles. The third kappa shape index (κ3) is 1.54. The van der Waals surface area contributed by atoms with Crippen molar-refractivity contribution in [2.75, 3.05) is 6.61 Å². The molecule has 1 rings (SSSR count).